The third kappa shape index (κ3) is 5.30. The normalized spacial score (nSPS) is 22.6. The van der Waals surface area contributed by atoms with Gasteiger partial charge in [0.25, 0.3) is 0 Å². The molecule has 2 aliphatic carbocycles. The van der Waals surface area contributed by atoms with E-state index in [0.717, 1.165) is 55.6 Å². The highest BCUT2D eigenvalue weighted by atomic mass is 16.5. The molecule has 6 heteroatoms. The minimum Gasteiger partial charge on any atom is -0.485 e. The van der Waals surface area contributed by atoms with Crippen LogP contribution in [0, 0.1) is 11.8 Å². The zero-order valence-corrected chi connectivity index (χ0v) is 24.9. The van der Waals surface area contributed by atoms with Gasteiger partial charge in [0.1, 0.15) is 11.9 Å². The Morgan fingerprint density at radius 1 is 1.10 bits per heavy atom. The molecule has 6 nitrogen and oxygen atoms in total. The second-order valence-electron chi connectivity index (χ2n) is 13.1. The van der Waals surface area contributed by atoms with Gasteiger partial charge < -0.3 is 14.6 Å². The molecule has 3 fully saturated rings. The van der Waals surface area contributed by atoms with Crippen LogP contribution in [0.15, 0.2) is 54.7 Å². The number of carbonyl (C=O) groups is 1. The predicted molar refractivity (Wildman–Crippen MR) is 163 cm³/mol. The molecule has 0 bridgehead atoms. The van der Waals surface area contributed by atoms with Gasteiger partial charge in [0.15, 0.2) is 0 Å². The zero-order valence-electron chi connectivity index (χ0n) is 24.9. The van der Waals surface area contributed by atoms with Gasteiger partial charge in [0.05, 0.1) is 13.0 Å². The van der Waals surface area contributed by atoms with Gasteiger partial charge in [-0.3, -0.25) is 9.69 Å². The molecule has 1 saturated heterocycles. The maximum absolute atomic E-state index is 11.9. The summed E-state index contributed by atoms with van der Waals surface area (Å²) in [5.41, 5.74) is 7.64. The summed E-state index contributed by atoms with van der Waals surface area (Å²) in [6, 6.07) is 17.4. The second-order valence-corrected chi connectivity index (χ2v) is 13.1. The molecule has 220 valence electrons. The number of likely N-dealkylation sites (tertiary alicyclic amines) is 1. The number of aliphatic carboxylic acids is 1. The predicted octanol–water partition coefficient (Wildman–Crippen LogP) is 7.56. The summed E-state index contributed by atoms with van der Waals surface area (Å²) in [7, 11) is 1.67. The van der Waals surface area contributed by atoms with Crippen molar-refractivity contribution in [2.24, 2.45) is 11.8 Å². The van der Waals surface area contributed by atoms with Gasteiger partial charge in [0.2, 0.25) is 5.88 Å². The van der Waals surface area contributed by atoms with Crippen LogP contribution in [0.4, 0.5) is 0 Å². The summed E-state index contributed by atoms with van der Waals surface area (Å²) >= 11 is 0. The molecule has 1 N–H and O–H groups in total. The Hall–Kier alpha value is -3.38. The van der Waals surface area contributed by atoms with E-state index in [1.54, 1.807) is 7.11 Å². The quantitative estimate of drug-likeness (QED) is 0.288. The van der Waals surface area contributed by atoms with Crippen molar-refractivity contribution in [3.05, 3.63) is 77.0 Å². The number of pyridine rings is 1. The number of piperidine rings is 1. The number of hydrogen-bond donors (Lipinski definition) is 1. The number of carboxylic acid groups (broad SMARTS) is 1. The van der Waals surface area contributed by atoms with E-state index in [1.165, 1.54) is 54.4 Å². The highest BCUT2D eigenvalue weighted by molar-refractivity contribution is 5.71. The van der Waals surface area contributed by atoms with E-state index in [1.807, 2.05) is 19.2 Å². The van der Waals surface area contributed by atoms with Gasteiger partial charge in [-0.1, -0.05) is 43.7 Å². The van der Waals surface area contributed by atoms with E-state index in [2.05, 4.69) is 52.3 Å². The standard InChI is InChI=1S/C36H42N2O4/c1-23(35(39)40)34(25-6-7-25)28-8-5-24-10-12-31(42-32(24)20-28)27-9-11-30(26-13-17-37-33(21-26)41-2)29(19-27)22-38-18-4-3-14-36(38)15-16-36/h5,8-9,11,13,17,19-21,23,25,31,34H,3-4,6-7,10,12,14-16,18,22H2,1-2H3,(H,39,40)/t23-,31+,34?/m0/s1. The lowest BCUT2D eigenvalue weighted by Gasteiger charge is -2.37. The van der Waals surface area contributed by atoms with Crippen molar-refractivity contribution in [3.8, 4) is 22.8 Å². The van der Waals surface area contributed by atoms with E-state index in [4.69, 9.17) is 9.47 Å². The van der Waals surface area contributed by atoms with Crippen molar-refractivity contribution in [1.82, 2.24) is 9.88 Å². The summed E-state index contributed by atoms with van der Waals surface area (Å²) in [5, 5.41) is 9.79. The Balaban J connectivity index is 1.20. The topological polar surface area (TPSA) is 71.9 Å². The van der Waals surface area contributed by atoms with Crippen LogP contribution >= 0.6 is 0 Å². The van der Waals surface area contributed by atoms with Crippen LogP contribution in [-0.4, -0.2) is 40.2 Å². The Morgan fingerprint density at radius 3 is 2.71 bits per heavy atom. The molecule has 2 aliphatic heterocycles. The molecule has 7 rings (SSSR count). The Kier molecular flexibility index (Phi) is 7.21. The van der Waals surface area contributed by atoms with Crippen molar-refractivity contribution in [2.45, 2.75) is 88.8 Å². The van der Waals surface area contributed by atoms with Crippen LogP contribution in [0.3, 0.4) is 0 Å². The van der Waals surface area contributed by atoms with Crippen LogP contribution in [-0.2, 0) is 17.8 Å². The number of carboxylic acids is 1. The Morgan fingerprint density at radius 2 is 1.95 bits per heavy atom. The van der Waals surface area contributed by atoms with E-state index in [9.17, 15) is 9.90 Å². The monoisotopic (exact) mass is 566 g/mol. The summed E-state index contributed by atoms with van der Waals surface area (Å²) in [5.74, 6) is 0.929. The smallest absolute Gasteiger partial charge is 0.306 e. The number of aryl methyl sites for hydroxylation is 1. The number of benzene rings is 2. The zero-order chi connectivity index (χ0) is 28.8. The fourth-order valence-corrected chi connectivity index (χ4v) is 7.64. The number of aromatic nitrogens is 1. The van der Waals surface area contributed by atoms with Crippen molar-refractivity contribution < 1.29 is 19.4 Å². The average Bonchev–Trinajstić information content (AvgIpc) is 3.96. The van der Waals surface area contributed by atoms with E-state index < -0.39 is 11.9 Å². The second kappa shape index (κ2) is 11.0. The summed E-state index contributed by atoms with van der Waals surface area (Å²) in [6.45, 7) is 3.96. The molecule has 1 aromatic heterocycles. The highest BCUT2D eigenvalue weighted by Gasteiger charge is 2.48. The van der Waals surface area contributed by atoms with Gasteiger partial charge in [0, 0.05) is 24.3 Å². The first-order valence-electron chi connectivity index (χ1n) is 15.8. The maximum atomic E-state index is 11.9. The highest BCUT2D eigenvalue weighted by Crippen LogP contribution is 2.50. The molecule has 3 atom stereocenters. The van der Waals surface area contributed by atoms with E-state index >= 15 is 0 Å². The first-order chi connectivity index (χ1) is 20.4. The van der Waals surface area contributed by atoms with Crippen molar-refractivity contribution in [2.75, 3.05) is 13.7 Å². The number of ether oxygens (including phenoxy) is 2. The first-order valence-corrected chi connectivity index (χ1v) is 15.8. The molecule has 2 aromatic carbocycles. The first kappa shape index (κ1) is 27.5. The third-order valence-corrected chi connectivity index (χ3v) is 10.4. The number of nitrogens with zero attached hydrogens (tertiary/aromatic N) is 2. The van der Waals surface area contributed by atoms with Crippen LogP contribution in [0.1, 0.15) is 92.6 Å². The van der Waals surface area contributed by atoms with Gasteiger partial charge in [-0.2, -0.15) is 0 Å². The van der Waals surface area contributed by atoms with Crippen LogP contribution in [0.2, 0.25) is 0 Å². The SMILES string of the molecule is COc1cc(-c2ccc([C@H]3CCc4ccc(C(C5CC5)[C@H](C)C(=O)O)cc4O3)cc2CN2CCCCC23CC3)ccn1. The van der Waals surface area contributed by atoms with Crippen molar-refractivity contribution in [3.63, 3.8) is 0 Å². The molecule has 1 unspecified atom stereocenters. The minimum absolute atomic E-state index is 0.0277. The Bertz CT molecular complexity index is 1480. The van der Waals surface area contributed by atoms with Gasteiger partial charge >= 0.3 is 5.97 Å². The molecule has 2 saturated carbocycles. The molecule has 0 amide bonds. The molecule has 0 radical (unpaired) electrons. The number of methoxy groups -OCH3 is 1. The molecule has 1 spiro atoms. The summed E-state index contributed by atoms with van der Waals surface area (Å²) in [6.07, 6.45) is 12.5. The lowest BCUT2D eigenvalue weighted by molar-refractivity contribution is -0.142. The Labute approximate surface area is 249 Å². The number of hydrogen-bond acceptors (Lipinski definition) is 5. The lowest BCUT2D eigenvalue weighted by Crippen LogP contribution is -2.40. The summed E-state index contributed by atoms with van der Waals surface area (Å²) < 4.78 is 12.2. The van der Waals surface area contributed by atoms with Crippen LogP contribution in [0.5, 0.6) is 11.6 Å². The lowest BCUT2D eigenvalue weighted by atomic mass is 9.82. The van der Waals surface area contributed by atoms with E-state index in [0.29, 0.717) is 17.3 Å². The molecular weight excluding hydrogens is 524 g/mol. The molecule has 4 aliphatic rings. The fraction of sp³-hybridized carbons (Fsp3) is 0.500. The third-order valence-electron chi connectivity index (χ3n) is 10.4. The minimum atomic E-state index is -0.718. The molecule has 3 heterocycles. The van der Waals surface area contributed by atoms with Gasteiger partial charge in [-0.25, -0.2) is 4.98 Å². The van der Waals surface area contributed by atoms with Crippen LogP contribution in [0.25, 0.3) is 11.1 Å². The molecular formula is C36H42N2O4. The van der Waals surface area contributed by atoms with Crippen LogP contribution < -0.4 is 9.47 Å². The number of rotatable bonds is 9. The van der Waals surface area contributed by atoms with Crippen molar-refractivity contribution in [1.29, 1.82) is 0 Å². The average molecular weight is 567 g/mol. The van der Waals surface area contributed by atoms with E-state index in [-0.39, 0.29) is 12.0 Å². The number of fused-ring (bicyclic) bond motifs is 1. The fourth-order valence-electron chi connectivity index (χ4n) is 7.64. The van der Waals surface area contributed by atoms with Gasteiger partial charge in [-0.05, 0) is 115 Å². The summed E-state index contributed by atoms with van der Waals surface area (Å²) in [4.78, 5) is 19.0. The molecule has 3 aromatic rings. The largest absolute Gasteiger partial charge is 0.485 e. The maximum Gasteiger partial charge on any atom is 0.306 e. The van der Waals surface area contributed by atoms with Gasteiger partial charge in [-0.15, -0.1) is 0 Å². The molecule has 42 heavy (non-hydrogen) atoms. The van der Waals surface area contributed by atoms with Crippen molar-refractivity contribution >= 4 is 5.97 Å².